The number of hydrogen-bond acceptors (Lipinski definition) is 4. The molecule has 0 aliphatic carbocycles. The summed E-state index contributed by atoms with van der Waals surface area (Å²) in [5, 5.41) is 4.58. The fraction of sp³-hybridized carbons (Fsp3) is 0.190. The van der Waals surface area contributed by atoms with Crippen molar-refractivity contribution in [2.24, 2.45) is 0 Å². The first-order valence-electron chi connectivity index (χ1n) is 8.78. The van der Waals surface area contributed by atoms with Crippen LogP contribution in [0.5, 0.6) is 0 Å². The Balaban J connectivity index is 1.76. The molecular formula is C21H20ClN3O2S. The van der Waals surface area contributed by atoms with Crippen LogP contribution < -0.4 is 10.9 Å². The highest BCUT2D eigenvalue weighted by Gasteiger charge is 2.15. The van der Waals surface area contributed by atoms with E-state index in [1.165, 1.54) is 16.3 Å². The largest absolute Gasteiger partial charge is 0.349 e. The van der Waals surface area contributed by atoms with E-state index in [2.05, 4.69) is 16.9 Å². The number of carbonyl (C=O) groups is 1. The molecule has 0 fully saturated rings. The first kappa shape index (κ1) is 20.2. The van der Waals surface area contributed by atoms with E-state index in [1.807, 2.05) is 31.2 Å². The topological polar surface area (TPSA) is 64.0 Å². The SMILES string of the molecule is C=CCn1c(SCC(=O)NC(C)c2ccccc2Cl)nc2ccccc2c1=O. The first-order chi connectivity index (χ1) is 13.5. The summed E-state index contributed by atoms with van der Waals surface area (Å²) < 4.78 is 1.53. The molecule has 144 valence electrons. The Kier molecular flexibility index (Phi) is 6.54. The Morgan fingerprint density at radius 1 is 1.29 bits per heavy atom. The maximum atomic E-state index is 12.7. The van der Waals surface area contributed by atoms with Gasteiger partial charge in [-0.25, -0.2) is 4.98 Å². The molecule has 0 saturated heterocycles. The van der Waals surface area contributed by atoms with Gasteiger partial charge >= 0.3 is 0 Å². The summed E-state index contributed by atoms with van der Waals surface area (Å²) >= 11 is 7.41. The highest BCUT2D eigenvalue weighted by molar-refractivity contribution is 7.99. The van der Waals surface area contributed by atoms with Gasteiger partial charge in [0.2, 0.25) is 5.91 Å². The number of rotatable bonds is 7. The summed E-state index contributed by atoms with van der Waals surface area (Å²) in [4.78, 5) is 29.7. The minimum atomic E-state index is -0.221. The number of aromatic nitrogens is 2. The number of allylic oxidation sites excluding steroid dienone is 1. The van der Waals surface area contributed by atoms with Crippen molar-refractivity contribution in [1.82, 2.24) is 14.9 Å². The molecule has 7 heteroatoms. The number of thioether (sulfide) groups is 1. The van der Waals surface area contributed by atoms with Crippen LogP contribution in [-0.2, 0) is 11.3 Å². The van der Waals surface area contributed by atoms with Crippen LogP contribution in [-0.4, -0.2) is 21.2 Å². The number of para-hydroxylation sites is 1. The molecule has 0 aliphatic rings. The second-order valence-corrected chi connectivity index (χ2v) is 7.57. The van der Waals surface area contributed by atoms with Crippen molar-refractivity contribution in [1.29, 1.82) is 0 Å². The molecule has 1 amide bonds. The van der Waals surface area contributed by atoms with Crippen LogP contribution in [0, 0.1) is 0 Å². The van der Waals surface area contributed by atoms with E-state index in [1.54, 1.807) is 30.3 Å². The van der Waals surface area contributed by atoms with Gasteiger partial charge in [0.25, 0.3) is 5.56 Å². The van der Waals surface area contributed by atoms with E-state index in [0.717, 1.165) is 5.56 Å². The van der Waals surface area contributed by atoms with Crippen LogP contribution in [0.3, 0.4) is 0 Å². The third kappa shape index (κ3) is 4.46. The number of nitrogens with zero attached hydrogens (tertiary/aromatic N) is 2. The molecule has 0 spiro atoms. The molecule has 0 aliphatic heterocycles. The van der Waals surface area contributed by atoms with Crippen LogP contribution in [0.4, 0.5) is 0 Å². The molecule has 0 saturated carbocycles. The first-order valence-corrected chi connectivity index (χ1v) is 10.1. The smallest absolute Gasteiger partial charge is 0.262 e. The van der Waals surface area contributed by atoms with Crippen LogP contribution in [0.15, 0.2) is 71.1 Å². The lowest BCUT2D eigenvalue weighted by Crippen LogP contribution is -2.29. The third-order valence-electron chi connectivity index (χ3n) is 4.22. The molecule has 0 bridgehead atoms. The Hall–Kier alpha value is -2.57. The van der Waals surface area contributed by atoms with E-state index in [9.17, 15) is 9.59 Å². The van der Waals surface area contributed by atoms with Crippen molar-refractivity contribution in [2.75, 3.05) is 5.75 Å². The molecule has 5 nitrogen and oxygen atoms in total. The summed E-state index contributed by atoms with van der Waals surface area (Å²) in [5.74, 6) is -0.0264. The van der Waals surface area contributed by atoms with Crippen molar-refractivity contribution in [3.05, 3.63) is 82.1 Å². The summed E-state index contributed by atoms with van der Waals surface area (Å²) in [5.41, 5.74) is 1.33. The van der Waals surface area contributed by atoms with Crippen LogP contribution in [0.2, 0.25) is 5.02 Å². The van der Waals surface area contributed by atoms with Crippen LogP contribution in [0.25, 0.3) is 10.9 Å². The molecule has 1 N–H and O–H groups in total. The van der Waals surface area contributed by atoms with E-state index >= 15 is 0 Å². The number of benzene rings is 2. The zero-order valence-corrected chi connectivity index (χ0v) is 17.0. The second-order valence-electron chi connectivity index (χ2n) is 6.22. The van der Waals surface area contributed by atoms with E-state index in [4.69, 9.17) is 11.6 Å². The minimum absolute atomic E-state index is 0.136. The van der Waals surface area contributed by atoms with Gasteiger partial charge in [-0.1, -0.05) is 59.8 Å². The van der Waals surface area contributed by atoms with Crippen molar-refractivity contribution in [3.8, 4) is 0 Å². The highest BCUT2D eigenvalue weighted by atomic mass is 35.5. The molecule has 1 aromatic heterocycles. The molecule has 3 rings (SSSR count). The van der Waals surface area contributed by atoms with Gasteiger partial charge in [0.1, 0.15) is 0 Å². The van der Waals surface area contributed by atoms with Gasteiger partial charge in [0.15, 0.2) is 5.16 Å². The Bertz CT molecular complexity index is 1080. The summed E-state index contributed by atoms with van der Waals surface area (Å²) in [6.45, 7) is 5.92. The Morgan fingerprint density at radius 3 is 2.75 bits per heavy atom. The molecule has 28 heavy (non-hydrogen) atoms. The summed E-state index contributed by atoms with van der Waals surface area (Å²) in [6, 6.07) is 14.4. The van der Waals surface area contributed by atoms with Gasteiger partial charge in [0, 0.05) is 11.6 Å². The summed E-state index contributed by atoms with van der Waals surface area (Å²) in [6.07, 6.45) is 1.64. The van der Waals surface area contributed by atoms with Crippen molar-refractivity contribution < 1.29 is 4.79 Å². The third-order valence-corrected chi connectivity index (χ3v) is 5.54. The number of carbonyl (C=O) groups excluding carboxylic acids is 1. The monoisotopic (exact) mass is 413 g/mol. The molecule has 1 atom stereocenters. The zero-order valence-electron chi connectivity index (χ0n) is 15.4. The van der Waals surface area contributed by atoms with Gasteiger partial charge in [-0.15, -0.1) is 6.58 Å². The second kappa shape index (κ2) is 9.08. The predicted molar refractivity (Wildman–Crippen MR) is 115 cm³/mol. The molecular weight excluding hydrogens is 394 g/mol. The molecule has 1 heterocycles. The van der Waals surface area contributed by atoms with E-state index in [-0.39, 0.29) is 23.3 Å². The maximum Gasteiger partial charge on any atom is 0.262 e. The normalized spacial score (nSPS) is 11.9. The number of amides is 1. The van der Waals surface area contributed by atoms with Gasteiger partial charge < -0.3 is 5.32 Å². The number of halogens is 1. The predicted octanol–water partition coefficient (Wildman–Crippen LogP) is 4.21. The lowest BCUT2D eigenvalue weighted by molar-refractivity contribution is -0.119. The van der Waals surface area contributed by atoms with Crippen LogP contribution >= 0.6 is 23.4 Å². The average Bonchev–Trinajstić information content (AvgIpc) is 2.69. The number of nitrogens with one attached hydrogen (secondary N) is 1. The van der Waals surface area contributed by atoms with Gasteiger partial charge in [-0.3, -0.25) is 14.2 Å². The fourth-order valence-electron chi connectivity index (χ4n) is 2.87. The van der Waals surface area contributed by atoms with Crippen LogP contribution in [0.1, 0.15) is 18.5 Å². The van der Waals surface area contributed by atoms with E-state index < -0.39 is 0 Å². The lowest BCUT2D eigenvalue weighted by Gasteiger charge is -2.16. The Labute approximate surface area is 172 Å². The average molecular weight is 414 g/mol. The Morgan fingerprint density at radius 2 is 2.00 bits per heavy atom. The quantitative estimate of drug-likeness (QED) is 0.358. The van der Waals surface area contributed by atoms with Crippen molar-refractivity contribution in [2.45, 2.75) is 24.7 Å². The lowest BCUT2D eigenvalue weighted by atomic mass is 10.1. The van der Waals surface area contributed by atoms with Gasteiger partial charge in [-0.05, 0) is 30.7 Å². The fourth-order valence-corrected chi connectivity index (χ4v) is 3.98. The molecule has 3 aromatic rings. The maximum absolute atomic E-state index is 12.7. The number of hydrogen-bond donors (Lipinski definition) is 1. The standard InChI is InChI=1S/C21H20ClN3O2S/c1-3-12-25-20(27)16-9-5-7-11-18(16)24-21(25)28-13-19(26)23-14(2)15-8-4-6-10-17(15)22/h3-11,14H,1,12-13H2,2H3,(H,23,26). The van der Waals surface area contributed by atoms with Gasteiger partial charge in [-0.2, -0.15) is 0 Å². The molecule has 1 unspecified atom stereocenters. The van der Waals surface area contributed by atoms with E-state index in [0.29, 0.717) is 27.6 Å². The minimum Gasteiger partial charge on any atom is -0.349 e. The number of fused-ring (bicyclic) bond motifs is 1. The van der Waals surface area contributed by atoms with Crippen molar-refractivity contribution >= 4 is 40.2 Å². The molecule has 0 radical (unpaired) electrons. The van der Waals surface area contributed by atoms with Crippen molar-refractivity contribution in [3.63, 3.8) is 0 Å². The summed E-state index contributed by atoms with van der Waals surface area (Å²) in [7, 11) is 0. The van der Waals surface area contributed by atoms with Gasteiger partial charge in [0.05, 0.1) is 22.7 Å². The molecule has 2 aromatic carbocycles. The highest BCUT2D eigenvalue weighted by Crippen LogP contribution is 2.23. The zero-order chi connectivity index (χ0) is 20.1.